The maximum absolute atomic E-state index is 12.5. The van der Waals surface area contributed by atoms with Gasteiger partial charge in [-0.1, -0.05) is 41.5 Å². The molecule has 0 radical (unpaired) electrons. The van der Waals surface area contributed by atoms with Gasteiger partial charge in [0.2, 0.25) is 10.0 Å². The molecule has 27 heavy (non-hydrogen) atoms. The van der Waals surface area contributed by atoms with Crippen LogP contribution in [0.2, 0.25) is 0 Å². The molecular weight excluding hydrogens is 356 g/mol. The first-order chi connectivity index (χ1) is 12.8. The fraction of sp³-hybridized carbons (Fsp3) is 0.455. The van der Waals surface area contributed by atoms with Gasteiger partial charge in [-0.15, -0.1) is 0 Å². The highest BCUT2D eigenvalue weighted by atomic mass is 32.2. The quantitative estimate of drug-likeness (QED) is 0.821. The molecule has 2 aromatic rings. The van der Waals surface area contributed by atoms with Crippen LogP contribution in [0.1, 0.15) is 35.1 Å². The number of nitrogens with one attached hydrogen (secondary N) is 1. The smallest absolute Gasteiger partial charge is 0.240 e. The van der Waals surface area contributed by atoms with Crippen LogP contribution in [0.4, 0.5) is 0 Å². The Hall–Kier alpha value is -1.69. The Morgan fingerprint density at radius 3 is 2.48 bits per heavy atom. The lowest BCUT2D eigenvalue weighted by atomic mass is 9.97. The van der Waals surface area contributed by atoms with Crippen LogP contribution in [-0.4, -0.2) is 33.0 Å². The van der Waals surface area contributed by atoms with Crippen molar-refractivity contribution in [2.75, 3.05) is 19.6 Å². The summed E-state index contributed by atoms with van der Waals surface area (Å²) in [4.78, 5) is 2.80. The third kappa shape index (κ3) is 5.41. The van der Waals surface area contributed by atoms with Gasteiger partial charge >= 0.3 is 0 Å². The normalized spacial score (nSPS) is 18.6. The van der Waals surface area contributed by atoms with Gasteiger partial charge in [-0.05, 0) is 69.3 Å². The summed E-state index contributed by atoms with van der Waals surface area (Å²) < 4.78 is 27.8. The second-order valence-electron chi connectivity index (χ2n) is 7.84. The summed E-state index contributed by atoms with van der Waals surface area (Å²) in [5.41, 5.74) is 5.04. The lowest BCUT2D eigenvalue weighted by Crippen LogP contribution is -2.40. The fourth-order valence-electron chi connectivity index (χ4n) is 3.70. The Bertz CT molecular complexity index is 876. The molecule has 1 saturated heterocycles. The minimum atomic E-state index is -3.43. The standard InChI is InChI=1S/C22H30N2O2S/c1-17-7-10-22(11-8-17)27(25,26)23-14-20-5-4-12-24(15-20)16-21-13-18(2)6-9-19(21)3/h6-11,13,20,23H,4-5,12,14-16H2,1-3H3. The van der Waals surface area contributed by atoms with E-state index in [-0.39, 0.29) is 0 Å². The first kappa shape index (κ1) is 20.1. The van der Waals surface area contributed by atoms with Crippen LogP contribution in [0.25, 0.3) is 0 Å². The Labute approximate surface area is 163 Å². The summed E-state index contributed by atoms with van der Waals surface area (Å²) in [6.45, 7) is 9.69. The second kappa shape index (κ2) is 8.55. The van der Waals surface area contributed by atoms with Crippen molar-refractivity contribution >= 4 is 10.0 Å². The Morgan fingerprint density at radius 1 is 1.04 bits per heavy atom. The molecule has 0 aromatic heterocycles. The molecule has 2 aromatic carbocycles. The largest absolute Gasteiger partial charge is 0.299 e. The highest BCUT2D eigenvalue weighted by Gasteiger charge is 2.23. The lowest BCUT2D eigenvalue weighted by Gasteiger charge is -2.33. The second-order valence-corrected chi connectivity index (χ2v) is 9.61. The van der Waals surface area contributed by atoms with Crippen molar-refractivity contribution in [1.29, 1.82) is 0 Å². The predicted molar refractivity (Wildman–Crippen MR) is 110 cm³/mol. The fourth-order valence-corrected chi connectivity index (χ4v) is 4.82. The molecule has 1 aliphatic rings. The molecule has 1 aliphatic heterocycles. The number of likely N-dealkylation sites (tertiary alicyclic amines) is 1. The van der Waals surface area contributed by atoms with E-state index in [2.05, 4.69) is 41.7 Å². The number of sulfonamides is 1. The maximum atomic E-state index is 12.5. The van der Waals surface area contributed by atoms with Crippen molar-refractivity contribution in [2.24, 2.45) is 5.92 Å². The molecule has 0 saturated carbocycles. The van der Waals surface area contributed by atoms with E-state index in [0.717, 1.165) is 38.0 Å². The molecule has 0 bridgehead atoms. The van der Waals surface area contributed by atoms with E-state index in [1.807, 2.05) is 19.1 Å². The number of hydrogen-bond acceptors (Lipinski definition) is 3. The first-order valence-corrected chi connectivity index (χ1v) is 11.2. The number of benzene rings is 2. The molecular formula is C22H30N2O2S. The molecule has 4 nitrogen and oxygen atoms in total. The Kier molecular flexibility index (Phi) is 6.35. The van der Waals surface area contributed by atoms with Gasteiger partial charge in [0.1, 0.15) is 0 Å². The molecule has 1 atom stereocenters. The van der Waals surface area contributed by atoms with Crippen molar-refractivity contribution in [3.05, 3.63) is 64.7 Å². The number of piperidine rings is 1. The van der Waals surface area contributed by atoms with Crippen LogP contribution in [-0.2, 0) is 16.6 Å². The van der Waals surface area contributed by atoms with Gasteiger partial charge in [0, 0.05) is 19.6 Å². The molecule has 5 heteroatoms. The average molecular weight is 387 g/mol. The van der Waals surface area contributed by atoms with Crippen molar-refractivity contribution in [3.63, 3.8) is 0 Å². The number of nitrogens with zero attached hydrogens (tertiary/aromatic N) is 1. The van der Waals surface area contributed by atoms with Crippen LogP contribution >= 0.6 is 0 Å². The van der Waals surface area contributed by atoms with Gasteiger partial charge in [0.05, 0.1) is 4.90 Å². The zero-order chi connectivity index (χ0) is 19.4. The van der Waals surface area contributed by atoms with E-state index in [0.29, 0.717) is 17.4 Å². The van der Waals surface area contributed by atoms with Crippen LogP contribution in [0.5, 0.6) is 0 Å². The van der Waals surface area contributed by atoms with Crippen molar-refractivity contribution in [3.8, 4) is 0 Å². The highest BCUT2D eigenvalue weighted by Crippen LogP contribution is 2.21. The molecule has 1 heterocycles. The zero-order valence-electron chi connectivity index (χ0n) is 16.5. The van der Waals surface area contributed by atoms with Gasteiger partial charge in [-0.3, -0.25) is 4.90 Å². The van der Waals surface area contributed by atoms with Crippen LogP contribution in [0.3, 0.4) is 0 Å². The molecule has 0 aliphatic carbocycles. The molecule has 3 rings (SSSR count). The number of aryl methyl sites for hydroxylation is 3. The molecule has 146 valence electrons. The van der Waals surface area contributed by atoms with Crippen molar-refractivity contribution in [2.45, 2.75) is 45.1 Å². The molecule has 0 spiro atoms. The van der Waals surface area contributed by atoms with E-state index >= 15 is 0 Å². The minimum Gasteiger partial charge on any atom is -0.299 e. The third-order valence-electron chi connectivity index (χ3n) is 5.40. The lowest BCUT2D eigenvalue weighted by molar-refractivity contribution is 0.168. The topological polar surface area (TPSA) is 49.4 Å². The van der Waals surface area contributed by atoms with Gasteiger partial charge in [-0.25, -0.2) is 13.1 Å². The predicted octanol–water partition coefficient (Wildman–Crippen LogP) is 3.80. The third-order valence-corrected chi connectivity index (χ3v) is 6.83. The van der Waals surface area contributed by atoms with E-state index in [9.17, 15) is 8.42 Å². The van der Waals surface area contributed by atoms with Crippen LogP contribution in [0, 0.1) is 26.7 Å². The minimum absolute atomic E-state index is 0.344. The van der Waals surface area contributed by atoms with E-state index in [1.165, 1.54) is 16.7 Å². The van der Waals surface area contributed by atoms with Crippen molar-refractivity contribution in [1.82, 2.24) is 9.62 Å². The van der Waals surface area contributed by atoms with Gasteiger partial charge in [0.15, 0.2) is 0 Å². The number of rotatable bonds is 6. The summed E-state index contributed by atoms with van der Waals surface area (Å²) in [6.07, 6.45) is 2.18. The monoisotopic (exact) mass is 386 g/mol. The van der Waals surface area contributed by atoms with Gasteiger partial charge in [-0.2, -0.15) is 0 Å². The van der Waals surface area contributed by atoms with Crippen LogP contribution < -0.4 is 4.72 Å². The Balaban J connectivity index is 1.58. The van der Waals surface area contributed by atoms with Crippen molar-refractivity contribution < 1.29 is 8.42 Å². The SMILES string of the molecule is Cc1ccc(S(=O)(=O)NCC2CCCN(Cc3cc(C)ccc3C)C2)cc1. The zero-order valence-corrected chi connectivity index (χ0v) is 17.3. The van der Waals surface area contributed by atoms with Crippen LogP contribution in [0.15, 0.2) is 47.4 Å². The average Bonchev–Trinajstić information content (AvgIpc) is 2.64. The summed E-state index contributed by atoms with van der Waals surface area (Å²) in [7, 11) is -3.43. The summed E-state index contributed by atoms with van der Waals surface area (Å²) in [5.74, 6) is 0.351. The molecule has 1 fully saturated rings. The van der Waals surface area contributed by atoms with E-state index < -0.39 is 10.0 Å². The van der Waals surface area contributed by atoms with Gasteiger partial charge in [0.25, 0.3) is 0 Å². The first-order valence-electron chi connectivity index (χ1n) is 9.68. The Morgan fingerprint density at radius 2 is 1.74 bits per heavy atom. The molecule has 1 unspecified atom stereocenters. The summed E-state index contributed by atoms with van der Waals surface area (Å²) in [5, 5.41) is 0. The number of hydrogen-bond donors (Lipinski definition) is 1. The van der Waals surface area contributed by atoms with Gasteiger partial charge < -0.3 is 0 Å². The van der Waals surface area contributed by atoms with E-state index in [1.54, 1.807) is 12.1 Å². The molecule has 0 amide bonds. The maximum Gasteiger partial charge on any atom is 0.240 e. The summed E-state index contributed by atoms with van der Waals surface area (Å²) in [6, 6.07) is 13.6. The summed E-state index contributed by atoms with van der Waals surface area (Å²) >= 11 is 0. The molecule has 1 N–H and O–H groups in total. The highest BCUT2D eigenvalue weighted by molar-refractivity contribution is 7.89. The van der Waals surface area contributed by atoms with E-state index in [4.69, 9.17) is 0 Å².